The molecule has 0 fully saturated rings. The van der Waals surface area contributed by atoms with Crippen molar-refractivity contribution in [3.63, 3.8) is 0 Å². The highest BCUT2D eigenvalue weighted by Crippen LogP contribution is 2.23. The number of hydrogen-bond acceptors (Lipinski definition) is 2. The average molecular weight is 299 g/mol. The predicted molar refractivity (Wildman–Crippen MR) is 87.3 cm³/mol. The predicted octanol–water partition coefficient (Wildman–Crippen LogP) is 5.39. The van der Waals surface area contributed by atoms with Crippen molar-refractivity contribution in [2.45, 2.75) is 32.1 Å². The summed E-state index contributed by atoms with van der Waals surface area (Å²) in [5.74, 6) is -0.0799. The Bertz CT molecular complexity index is 687. The third-order valence-electron chi connectivity index (χ3n) is 3.63. The van der Waals surface area contributed by atoms with Crippen molar-refractivity contribution >= 4 is 21.6 Å². The molecule has 3 rings (SSSR count). The Morgan fingerprint density at radius 1 is 0.857 bits per heavy atom. The molecule has 2 aromatic carbocycles. The Labute approximate surface area is 128 Å². The van der Waals surface area contributed by atoms with Gasteiger partial charge in [-0.05, 0) is 49.4 Å². The molecule has 0 saturated heterocycles. The number of hydrogen-bond donors (Lipinski definition) is 0. The van der Waals surface area contributed by atoms with E-state index in [-0.39, 0.29) is 5.82 Å². The molecule has 0 aliphatic rings. The van der Waals surface area contributed by atoms with Gasteiger partial charge in [-0.25, -0.2) is 9.37 Å². The highest BCUT2D eigenvalue weighted by molar-refractivity contribution is 7.18. The van der Waals surface area contributed by atoms with E-state index >= 15 is 0 Å². The van der Waals surface area contributed by atoms with Crippen molar-refractivity contribution in [3.05, 3.63) is 64.9 Å². The van der Waals surface area contributed by atoms with E-state index in [4.69, 9.17) is 0 Å². The van der Waals surface area contributed by atoms with Crippen molar-refractivity contribution in [1.82, 2.24) is 4.98 Å². The minimum Gasteiger partial charge on any atom is -0.241 e. The Morgan fingerprint density at radius 3 is 2.48 bits per heavy atom. The molecule has 0 radical (unpaired) electrons. The van der Waals surface area contributed by atoms with E-state index in [0.717, 1.165) is 43.2 Å². The summed E-state index contributed by atoms with van der Waals surface area (Å²) in [5, 5.41) is 1.21. The summed E-state index contributed by atoms with van der Waals surface area (Å²) in [6, 6.07) is 15.3. The Hall–Kier alpha value is -1.74. The summed E-state index contributed by atoms with van der Waals surface area (Å²) in [4.78, 5) is 4.64. The van der Waals surface area contributed by atoms with E-state index in [1.165, 1.54) is 15.8 Å². The van der Waals surface area contributed by atoms with Gasteiger partial charge in [0.1, 0.15) is 5.82 Å². The highest BCUT2D eigenvalue weighted by Gasteiger charge is 2.03. The van der Waals surface area contributed by atoms with E-state index in [1.807, 2.05) is 18.2 Å². The molecule has 0 atom stereocenters. The molecule has 0 spiro atoms. The molecule has 0 aliphatic carbocycles. The quantitative estimate of drug-likeness (QED) is 0.556. The smallest absolute Gasteiger partial charge is 0.126 e. The molecule has 108 valence electrons. The van der Waals surface area contributed by atoms with Gasteiger partial charge in [0.05, 0.1) is 15.2 Å². The molecule has 3 aromatic rings. The zero-order chi connectivity index (χ0) is 14.5. The first-order valence-electron chi connectivity index (χ1n) is 7.41. The van der Waals surface area contributed by atoms with Crippen LogP contribution in [0.1, 0.15) is 29.8 Å². The van der Waals surface area contributed by atoms with Gasteiger partial charge < -0.3 is 0 Å². The number of benzene rings is 2. The first kappa shape index (κ1) is 14.2. The second-order valence-electron chi connectivity index (χ2n) is 5.23. The number of para-hydroxylation sites is 1. The summed E-state index contributed by atoms with van der Waals surface area (Å²) in [6.07, 6.45) is 5.12. The first-order chi connectivity index (χ1) is 10.3. The Balaban J connectivity index is 1.45. The maximum Gasteiger partial charge on any atom is 0.126 e. The third-order valence-corrected chi connectivity index (χ3v) is 4.73. The lowest BCUT2D eigenvalue weighted by Gasteiger charge is -2.02. The molecular formula is C18H18FNS. The van der Waals surface area contributed by atoms with Gasteiger partial charge in [0.25, 0.3) is 0 Å². The molecule has 0 bridgehead atoms. The number of nitrogens with zero attached hydrogens (tertiary/aromatic N) is 1. The largest absolute Gasteiger partial charge is 0.241 e. The van der Waals surface area contributed by atoms with Crippen molar-refractivity contribution in [2.24, 2.45) is 0 Å². The maximum atomic E-state index is 13.5. The summed E-state index contributed by atoms with van der Waals surface area (Å²) in [7, 11) is 0. The highest BCUT2D eigenvalue weighted by atomic mass is 32.1. The molecule has 0 aliphatic heterocycles. The monoisotopic (exact) mass is 299 g/mol. The van der Waals surface area contributed by atoms with Crippen LogP contribution in [0.15, 0.2) is 48.5 Å². The zero-order valence-corrected chi connectivity index (χ0v) is 12.7. The van der Waals surface area contributed by atoms with Gasteiger partial charge in [-0.3, -0.25) is 0 Å². The Kier molecular flexibility index (Phi) is 4.61. The summed E-state index contributed by atoms with van der Waals surface area (Å²) in [5.41, 5.74) is 1.93. The molecule has 0 N–H and O–H groups in total. The molecule has 1 aromatic heterocycles. The van der Waals surface area contributed by atoms with Gasteiger partial charge in [-0.1, -0.05) is 36.8 Å². The number of rotatable bonds is 6. The fourth-order valence-electron chi connectivity index (χ4n) is 2.50. The van der Waals surface area contributed by atoms with Gasteiger partial charge in [0.15, 0.2) is 0 Å². The molecule has 3 heteroatoms. The minimum absolute atomic E-state index is 0.0799. The molecule has 0 saturated carbocycles. The van der Waals surface area contributed by atoms with Crippen LogP contribution in [-0.2, 0) is 12.8 Å². The number of halogens is 1. The van der Waals surface area contributed by atoms with E-state index in [1.54, 1.807) is 17.4 Å². The van der Waals surface area contributed by atoms with Crippen molar-refractivity contribution in [2.75, 3.05) is 0 Å². The van der Waals surface area contributed by atoms with Gasteiger partial charge in [-0.15, -0.1) is 11.3 Å². The van der Waals surface area contributed by atoms with Gasteiger partial charge in [0, 0.05) is 0 Å². The SMILES string of the molecule is Fc1ccccc1CCCCCc1nc2ccccc2s1. The second kappa shape index (κ2) is 6.81. The van der Waals surface area contributed by atoms with Crippen LogP contribution in [-0.4, -0.2) is 4.98 Å². The van der Waals surface area contributed by atoms with E-state index in [2.05, 4.69) is 23.2 Å². The molecule has 0 unspecified atom stereocenters. The zero-order valence-electron chi connectivity index (χ0n) is 11.9. The van der Waals surface area contributed by atoms with Crippen LogP contribution in [0.3, 0.4) is 0 Å². The topological polar surface area (TPSA) is 12.9 Å². The fourth-order valence-corrected chi connectivity index (χ4v) is 3.51. The molecule has 1 heterocycles. The normalized spacial score (nSPS) is 11.1. The maximum absolute atomic E-state index is 13.5. The number of unbranched alkanes of at least 4 members (excludes halogenated alkanes) is 2. The first-order valence-corrected chi connectivity index (χ1v) is 8.22. The lowest BCUT2D eigenvalue weighted by molar-refractivity contribution is 0.595. The van der Waals surface area contributed by atoms with Crippen LogP contribution in [0, 0.1) is 5.82 Å². The van der Waals surface area contributed by atoms with Crippen LogP contribution >= 0.6 is 11.3 Å². The van der Waals surface area contributed by atoms with Gasteiger partial charge >= 0.3 is 0 Å². The van der Waals surface area contributed by atoms with Crippen molar-refractivity contribution < 1.29 is 4.39 Å². The number of aryl methyl sites for hydroxylation is 2. The van der Waals surface area contributed by atoms with E-state index < -0.39 is 0 Å². The minimum atomic E-state index is -0.0799. The molecule has 21 heavy (non-hydrogen) atoms. The number of fused-ring (bicyclic) bond motifs is 1. The summed E-state index contributed by atoms with van der Waals surface area (Å²) < 4.78 is 14.7. The third kappa shape index (κ3) is 3.67. The van der Waals surface area contributed by atoms with Crippen LogP contribution in [0.5, 0.6) is 0 Å². The molecular weight excluding hydrogens is 281 g/mol. The van der Waals surface area contributed by atoms with Crippen LogP contribution in [0.25, 0.3) is 10.2 Å². The van der Waals surface area contributed by atoms with E-state index in [9.17, 15) is 4.39 Å². The summed E-state index contributed by atoms with van der Waals surface area (Å²) in [6.45, 7) is 0. The van der Waals surface area contributed by atoms with Gasteiger partial charge in [0.2, 0.25) is 0 Å². The number of aromatic nitrogens is 1. The molecule has 1 nitrogen and oxygen atoms in total. The standard InChI is InChI=1S/C18H18FNS/c19-15-10-5-4-9-14(15)8-2-1-3-13-18-20-16-11-6-7-12-17(16)21-18/h4-7,9-12H,1-3,8,13H2. The number of thiazole rings is 1. The van der Waals surface area contributed by atoms with Crippen LogP contribution in [0.4, 0.5) is 4.39 Å². The van der Waals surface area contributed by atoms with Crippen molar-refractivity contribution in [3.8, 4) is 0 Å². The Morgan fingerprint density at radius 2 is 1.62 bits per heavy atom. The van der Waals surface area contributed by atoms with Crippen LogP contribution < -0.4 is 0 Å². The van der Waals surface area contributed by atoms with Gasteiger partial charge in [-0.2, -0.15) is 0 Å². The molecule has 0 amide bonds. The van der Waals surface area contributed by atoms with Crippen LogP contribution in [0.2, 0.25) is 0 Å². The summed E-state index contributed by atoms with van der Waals surface area (Å²) >= 11 is 1.78. The average Bonchev–Trinajstić information content (AvgIpc) is 2.91. The fraction of sp³-hybridized carbons (Fsp3) is 0.278. The van der Waals surface area contributed by atoms with Crippen molar-refractivity contribution in [1.29, 1.82) is 0 Å². The lowest BCUT2D eigenvalue weighted by Crippen LogP contribution is -1.91. The second-order valence-corrected chi connectivity index (χ2v) is 6.34. The lowest BCUT2D eigenvalue weighted by atomic mass is 10.1. The van der Waals surface area contributed by atoms with E-state index in [0.29, 0.717) is 0 Å².